The third kappa shape index (κ3) is 2.65. The Morgan fingerprint density at radius 1 is 1.24 bits per heavy atom. The topological polar surface area (TPSA) is 39.4 Å². The normalized spacial score (nSPS) is 11.3. The molecule has 0 saturated heterocycles. The van der Waals surface area contributed by atoms with Crippen LogP contribution in [0.4, 0.5) is 0 Å². The van der Waals surface area contributed by atoms with Crippen LogP contribution in [-0.2, 0) is 0 Å². The largest absolute Gasteiger partial charge is 0.496 e. The first-order valence-corrected chi connectivity index (χ1v) is 7.56. The van der Waals surface area contributed by atoms with Crippen molar-refractivity contribution in [3.8, 4) is 17.0 Å². The Hall–Kier alpha value is -1.88. The van der Waals surface area contributed by atoms with Crippen LogP contribution >= 0.6 is 15.9 Å². The van der Waals surface area contributed by atoms with E-state index in [2.05, 4.69) is 51.9 Å². The zero-order valence-corrected chi connectivity index (χ0v) is 13.8. The summed E-state index contributed by atoms with van der Waals surface area (Å²) in [7, 11) is 1.68. The molecule has 0 fully saturated rings. The van der Waals surface area contributed by atoms with Crippen LogP contribution in [0.1, 0.15) is 25.3 Å². The van der Waals surface area contributed by atoms with Crippen LogP contribution < -0.4 is 4.74 Å². The lowest BCUT2D eigenvalue weighted by molar-refractivity contribution is 0.416. The van der Waals surface area contributed by atoms with Crippen molar-refractivity contribution in [2.75, 3.05) is 7.11 Å². The lowest BCUT2D eigenvalue weighted by atomic mass is 9.99. The number of imidazole rings is 1. The number of aromatic nitrogens is 3. The SMILES string of the molecule is COc1ccc(C(C)C)cc1-c1cn2cc(Br)cnc2n1. The van der Waals surface area contributed by atoms with Gasteiger partial charge in [-0.2, -0.15) is 0 Å². The van der Waals surface area contributed by atoms with Crippen molar-refractivity contribution >= 4 is 21.7 Å². The molecule has 4 nitrogen and oxygen atoms in total. The minimum Gasteiger partial charge on any atom is -0.496 e. The zero-order valence-electron chi connectivity index (χ0n) is 12.2. The van der Waals surface area contributed by atoms with Crippen molar-refractivity contribution in [2.24, 2.45) is 0 Å². The lowest BCUT2D eigenvalue weighted by Gasteiger charge is -2.11. The van der Waals surface area contributed by atoms with Crippen LogP contribution in [0, 0.1) is 0 Å². The summed E-state index contributed by atoms with van der Waals surface area (Å²) in [6.45, 7) is 4.35. The van der Waals surface area contributed by atoms with Crippen molar-refractivity contribution in [2.45, 2.75) is 19.8 Å². The number of methoxy groups -OCH3 is 1. The van der Waals surface area contributed by atoms with Gasteiger partial charge in [-0.15, -0.1) is 0 Å². The summed E-state index contributed by atoms with van der Waals surface area (Å²) in [4.78, 5) is 8.89. The van der Waals surface area contributed by atoms with Crippen molar-refractivity contribution in [1.82, 2.24) is 14.4 Å². The Kier molecular flexibility index (Phi) is 3.68. The molecule has 0 unspecified atom stereocenters. The highest BCUT2D eigenvalue weighted by Crippen LogP contribution is 2.32. The maximum atomic E-state index is 5.48. The predicted octanol–water partition coefficient (Wildman–Crippen LogP) is 4.29. The first kappa shape index (κ1) is 14.1. The summed E-state index contributed by atoms with van der Waals surface area (Å²) >= 11 is 3.42. The molecule has 2 heterocycles. The Bertz CT molecular complexity index is 795. The summed E-state index contributed by atoms with van der Waals surface area (Å²) in [5, 5.41) is 0. The molecule has 0 saturated carbocycles. The van der Waals surface area contributed by atoms with E-state index in [1.165, 1.54) is 5.56 Å². The van der Waals surface area contributed by atoms with Gasteiger partial charge in [0.1, 0.15) is 5.75 Å². The summed E-state index contributed by atoms with van der Waals surface area (Å²) in [6, 6.07) is 6.23. The summed E-state index contributed by atoms with van der Waals surface area (Å²) in [6.07, 6.45) is 5.65. The van der Waals surface area contributed by atoms with E-state index in [4.69, 9.17) is 4.74 Å². The quantitative estimate of drug-likeness (QED) is 0.710. The molecule has 0 amide bonds. The predicted molar refractivity (Wildman–Crippen MR) is 86.8 cm³/mol. The lowest BCUT2D eigenvalue weighted by Crippen LogP contribution is -1.93. The van der Waals surface area contributed by atoms with E-state index >= 15 is 0 Å². The maximum absolute atomic E-state index is 5.48. The summed E-state index contributed by atoms with van der Waals surface area (Å²) < 4.78 is 8.30. The Morgan fingerprint density at radius 3 is 2.76 bits per heavy atom. The van der Waals surface area contributed by atoms with Gasteiger partial charge in [0.25, 0.3) is 0 Å². The monoisotopic (exact) mass is 345 g/mol. The van der Waals surface area contributed by atoms with Gasteiger partial charge in [-0.3, -0.25) is 4.40 Å². The minimum atomic E-state index is 0.457. The fraction of sp³-hybridized carbons (Fsp3) is 0.250. The molecule has 2 aromatic heterocycles. The van der Waals surface area contributed by atoms with E-state index in [-0.39, 0.29) is 0 Å². The van der Waals surface area contributed by atoms with Gasteiger partial charge in [0.2, 0.25) is 5.78 Å². The van der Waals surface area contributed by atoms with Crippen molar-refractivity contribution < 1.29 is 4.74 Å². The number of hydrogen-bond donors (Lipinski definition) is 0. The molecule has 0 spiro atoms. The molecule has 3 aromatic rings. The fourth-order valence-corrected chi connectivity index (χ4v) is 2.60. The number of halogens is 1. The summed E-state index contributed by atoms with van der Waals surface area (Å²) in [5.41, 5.74) is 3.11. The van der Waals surface area contributed by atoms with Gasteiger partial charge in [-0.25, -0.2) is 9.97 Å². The molecule has 1 aromatic carbocycles. The van der Waals surface area contributed by atoms with Gasteiger partial charge in [0.15, 0.2) is 0 Å². The molecule has 0 aliphatic rings. The van der Waals surface area contributed by atoms with Crippen molar-refractivity contribution in [3.63, 3.8) is 0 Å². The van der Waals surface area contributed by atoms with Gasteiger partial charge < -0.3 is 4.74 Å². The molecule has 0 aliphatic carbocycles. The van der Waals surface area contributed by atoms with E-state index in [9.17, 15) is 0 Å². The third-order valence-corrected chi connectivity index (χ3v) is 3.85. The fourth-order valence-electron chi connectivity index (χ4n) is 2.27. The number of benzene rings is 1. The number of rotatable bonds is 3. The second-order valence-electron chi connectivity index (χ2n) is 5.22. The minimum absolute atomic E-state index is 0.457. The Morgan fingerprint density at radius 2 is 2.05 bits per heavy atom. The van der Waals surface area contributed by atoms with E-state index in [0.717, 1.165) is 21.5 Å². The highest BCUT2D eigenvalue weighted by Gasteiger charge is 2.13. The highest BCUT2D eigenvalue weighted by atomic mass is 79.9. The second kappa shape index (κ2) is 5.48. The smallest absolute Gasteiger partial charge is 0.234 e. The molecule has 5 heteroatoms. The molecular weight excluding hydrogens is 330 g/mol. The number of hydrogen-bond acceptors (Lipinski definition) is 3. The first-order chi connectivity index (χ1) is 10.1. The Balaban J connectivity index is 2.18. The van der Waals surface area contributed by atoms with Crippen molar-refractivity contribution in [3.05, 3.63) is 46.8 Å². The molecule has 3 rings (SSSR count). The average molecular weight is 346 g/mol. The van der Waals surface area contributed by atoms with Crippen LogP contribution in [0.3, 0.4) is 0 Å². The van der Waals surface area contributed by atoms with Gasteiger partial charge in [-0.1, -0.05) is 19.9 Å². The van der Waals surface area contributed by atoms with E-state index in [0.29, 0.717) is 11.7 Å². The number of nitrogens with zero attached hydrogens (tertiary/aromatic N) is 3. The Labute approximate surface area is 131 Å². The third-order valence-electron chi connectivity index (χ3n) is 3.44. The maximum Gasteiger partial charge on any atom is 0.234 e. The second-order valence-corrected chi connectivity index (χ2v) is 6.14. The van der Waals surface area contributed by atoms with Crippen LogP contribution in [0.15, 0.2) is 41.3 Å². The van der Waals surface area contributed by atoms with Crippen LogP contribution in [0.2, 0.25) is 0 Å². The average Bonchev–Trinajstić information content (AvgIpc) is 2.89. The van der Waals surface area contributed by atoms with Crippen LogP contribution in [0.25, 0.3) is 17.0 Å². The first-order valence-electron chi connectivity index (χ1n) is 6.77. The standard InChI is InChI=1S/C16H16BrN3O/c1-10(2)11-4-5-15(21-3)13(6-11)14-9-20-8-12(17)7-18-16(20)19-14/h4-10H,1-3H3. The van der Waals surface area contributed by atoms with Gasteiger partial charge in [0.05, 0.1) is 17.3 Å². The van der Waals surface area contributed by atoms with Crippen LogP contribution in [0.5, 0.6) is 5.75 Å². The molecule has 0 atom stereocenters. The molecule has 21 heavy (non-hydrogen) atoms. The molecular formula is C16H16BrN3O. The summed E-state index contributed by atoms with van der Waals surface area (Å²) in [5.74, 6) is 1.95. The van der Waals surface area contributed by atoms with Gasteiger partial charge >= 0.3 is 0 Å². The molecule has 0 radical (unpaired) electrons. The molecule has 108 valence electrons. The highest BCUT2D eigenvalue weighted by molar-refractivity contribution is 9.10. The van der Waals surface area contributed by atoms with Crippen LogP contribution in [-0.4, -0.2) is 21.5 Å². The molecule has 0 aliphatic heterocycles. The van der Waals surface area contributed by atoms with Crippen molar-refractivity contribution in [1.29, 1.82) is 0 Å². The molecule has 0 N–H and O–H groups in total. The molecule has 0 bridgehead atoms. The van der Waals surface area contributed by atoms with E-state index in [1.54, 1.807) is 13.3 Å². The van der Waals surface area contributed by atoms with E-state index < -0.39 is 0 Å². The number of ether oxygens (including phenoxy) is 1. The van der Waals surface area contributed by atoms with Gasteiger partial charge in [-0.05, 0) is 39.5 Å². The number of fused-ring (bicyclic) bond motifs is 1. The zero-order chi connectivity index (χ0) is 15.0. The van der Waals surface area contributed by atoms with E-state index in [1.807, 2.05) is 22.9 Å². The van der Waals surface area contributed by atoms with Gasteiger partial charge in [0, 0.05) is 24.2 Å².